The van der Waals surface area contributed by atoms with Crippen molar-refractivity contribution in [2.45, 2.75) is 63.1 Å². The number of aliphatic hydroxyl groups excluding tert-OH is 1. The van der Waals surface area contributed by atoms with Gasteiger partial charge in [-0.15, -0.1) is 0 Å². The second-order valence-corrected chi connectivity index (χ2v) is 10.8. The maximum Gasteiger partial charge on any atom is 0.225 e. The highest BCUT2D eigenvalue weighted by Crippen LogP contribution is 2.33. The number of carbonyl (C=O) groups excluding carboxylic acids is 1. The summed E-state index contributed by atoms with van der Waals surface area (Å²) in [5.41, 5.74) is 0.411. The largest absolute Gasteiger partial charge is 0.393 e. The van der Waals surface area contributed by atoms with Crippen molar-refractivity contribution in [3.8, 4) is 0 Å². The van der Waals surface area contributed by atoms with Crippen molar-refractivity contribution < 1.29 is 27.8 Å². The van der Waals surface area contributed by atoms with Gasteiger partial charge in [-0.05, 0) is 44.9 Å². The van der Waals surface area contributed by atoms with E-state index in [-0.39, 0.29) is 36.0 Å². The predicted molar refractivity (Wildman–Crippen MR) is 141 cm³/mol. The maximum absolute atomic E-state index is 14.4. The van der Waals surface area contributed by atoms with Crippen molar-refractivity contribution >= 4 is 34.7 Å². The number of amides is 1. The van der Waals surface area contributed by atoms with Crippen LogP contribution in [0.3, 0.4) is 0 Å². The number of hydrogen-bond donors (Lipinski definition) is 3. The van der Waals surface area contributed by atoms with Gasteiger partial charge in [0.1, 0.15) is 17.0 Å². The van der Waals surface area contributed by atoms with Crippen LogP contribution in [0.4, 0.5) is 30.8 Å². The second kappa shape index (κ2) is 11.2. The predicted octanol–water partition coefficient (Wildman–Crippen LogP) is 3.90. The Morgan fingerprint density at radius 2 is 1.73 bits per heavy atom. The Kier molecular flexibility index (Phi) is 7.49. The number of nitrogens with zero attached hydrogens (tertiary/aromatic N) is 5. The van der Waals surface area contributed by atoms with Crippen molar-refractivity contribution in [1.82, 2.24) is 24.4 Å². The summed E-state index contributed by atoms with van der Waals surface area (Å²) in [4.78, 5) is 28.4. The molecular formula is C27H32F3N7O3. The fourth-order valence-corrected chi connectivity index (χ4v) is 5.91. The van der Waals surface area contributed by atoms with E-state index in [9.17, 15) is 23.1 Å². The molecule has 0 bridgehead atoms. The van der Waals surface area contributed by atoms with Crippen LogP contribution in [0.15, 0.2) is 18.3 Å². The highest BCUT2D eigenvalue weighted by Gasteiger charge is 2.32. The van der Waals surface area contributed by atoms with Crippen molar-refractivity contribution in [2.75, 3.05) is 36.9 Å². The molecule has 40 heavy (non-hydrogen) atoms. The van der Waals surface area contributed by atoms with Gasteiger partial charge in [-0.25, -0.2) is 23.1 Å². The third-order valence-corrected chi connectivity index (χ3v) is 8.13. The quantitative estimate of drug-likeness (QED) is 0.416. The summed E-state index contributed by atoms with van der Waals surface area (Å²) in [6.45, 7) is 2.14. The van der Waals surface area contributed by atoms with E-state index in [1.165, 1.54) is 0 Å². The zero-order chi connectivity index (χ0) is 27.8. The Hall–Kier alpha value is -3.45. The van der Waals surface area contributed by atoms with Crippen LogP contribution in [0.25, 0.3) is 11.2 Å². The van der Waals surface area contributed by atoms with E-state index in [1.807, 2.05) is 4.90 Å². The number of benzene rings is 1. The van der Waals surface area contributed by atoms with Crippen LogP contribution in [-0.2, 0) is 9.53 Å². The Labute approximate surface area is 228 Å². The maximum atomic E-state index is 14.4. The number of likely N-dealkylation sites (tertiary alicyclic amines) is 1. The molecule has 2 aliphatic heterocycles. The van der Waals surface area contributed by atoms with E-state index < -0.39 is 23.1 Å². The molecule has 3 aromatic rings. The number of aliphatic hydroxyl groups is 1. The SMILES string of the molecule is O=C(C1CCC(Nc2ncc3nc(Nc4c(F)cc(F)cc4F)n(C4CCOC4)c3n2)CC1)N1CCC(O)CC1. The van der Waals surface area contributed by atoms with Crippen LogP contribution in [0.1, 0.15) is 51.0 Å². The molecule has 6 rings (SSSR count). The Morgan fingerprint density at radius 3 is 2.40 bits per heavy atom. The molecule has 0 radical (unpaired) electrons. The number of halogens is 3. The number of hydrogen-bond acceptors (Lipinski definition) is 8. The summed E-state index contributed by atoms with van der Waals surface area (Å²) in [5, 5.41) is 15.8. The fourth-order valence-electron chi connectivity index (χ4n) is 5.91. The van der Waals surface area contributed by atoms with Crippen molar-refractivity contribution in [3.63, 3.8) is 0 Å². The van der Waals surface area contributed by atoms with Crippen molar-refractivity contribution in [3.05, 3.63) is 35.8 Å². The number of fused-ring (bicyclic) bond motifs is 1. The zero-order valence-electron chi connectivity index (χ0n) is 22.0. The third kappa shape index (κ3) is 5.44. The second-order valence-electron chi connectivity index (χ2n) is 10.8. The summed E-state index contributed by atoms with van der Waals surface area (Å²) in [6.07, 6.45) is 6.29. The number of carbonyl (C=O) groups is 1. The molecule has 4 heterocycles. The van der Waals surface area contributed by atoms with Crippen LogP contribution in [0, 0.1) is 23.4 Å². The smallest absolute Gasteiger partial charge is 0.225 e. The number of imidazole rings is 1. The lowest BCUT2D eigenvalue weighted by molar-refractivity contribution is -0.138. The molecule has 1 atom stereocenters. The molecule has 2 saturated heterocycles. The van der Waals surface area contributed by atoms with Gasteiger partial charge in [0.05, 0.1) is 24.9 Å². The Morgan fingerprint density at radius 1 is 1.00 bits per heavy atom. The van der Waals surface area contributed by atoms with Crippen LogP contribution in [0.2, 0.25) is 0 Å². The lowest BCUT2D eigenvalue weighted by Gasteiger charge is -2.35. The number of anilines is 3. The molecular weight excluding hydrogens is 527 g/mol. The highest BCUT2D eigenvalue weighted by atomic mass is 19.1. The van der Waals surface area contributed by atoms with Gasteiger partial charge in [0, 0.05) is 43.8 Å². The first-order valence-corrected chi connectivity index (χ1v) is 13.8. The molecule has 1 amide bonds. The standard InChI is InChI=1S/C27H32F3N7O3/c28-16-11-20(29)23(21(30)12-16)34-27-33-22-13-31-26(35-24(22)37(27)18-7-10-40-14-18)32-17-3-1-15(2-4-17)25(39)36-8-5-19(38)6-9-36/h11-13,15,17-19,38H,1-10,14H2,(H,33,34)(H,31,32,35). The molecule has 0 spiro atoms. The summed E-state index contributed by atoms with van der Waals surface area (Å²) in [7, 11) is 0. The summed E-state index contributed by atoms with van der Waals surface area (Å²) >= 11 is 0. The van der Waals surface area contributed by atoms with E-state index in [2.05, 4.69) is 20.6 Å². The molecule has 1 saturated carbocycles. The van der Waals surface area contributed by atoms with E-state index in [0.29, 0.717) is 74.8 Å². The van der Waals surface area contributed by atoms with Gasteiger partial charge < -0.3 is 25.4 Å². The number of ether oxygens (including phenoxy) is 1. The van der Waals surface area contributed by atoms with E-state index in [0.717, 1.165) is 25.7 Å². The van der Waals surface area contributed by atoms with Crippen LogP contribution < -0.4 is 10.6 Å². The average Bonchev–Trinajstić information content (AvgIpc) is 3.58. The molecule has 13 heteroatoms. The van der Waals surface area contributed by atoms with E-state index in [4.69, 9.17) is 9.72 Å². The summed E-state index contributed by atoms with van der Waals surface area (Å²) in [6, 6.07) is 1.14. The van der Waals surface area contributed by atoms with Gasteiger partial charge in [-0.3, -0.25) is 9.36 Å². The molecule has 3 N–H and O–H groups in total. The topological polar surface area (TPSA) is 117 Å². The summed E-state index contributed by atoms with van der Waals surface area (Å²) in [5.74, 6) is -2.42. The van der Waals surface area contributed by atoms with E-state index >= 15 is 0 Å². The first kappa shape index (κ1) is 26.8. The van der Waals surface area contributed by atoms with Crippen molar-refractivity contribution in [1.29, 1.82) is 0 Å². The molecule has 1 unspecified atom stereocenters. The lowest BCUT2D eigenvalue weighted by Crippen LogP contribution is -2.44. The normalized spacial score (nSPS) is 24.0. The molecule has 214 valence electrons. The van der Waals surface area contributed by atoms with Crippen molar-refractivity contribution in [2.24, 2.45) is 5.92 Å². The van der Waals surface area contributed by atoms with Crippen LogP contribution >= 0.6 is 0 Å². The van der Waals surface area contributed by atoms with Gasteiger partial charge in [-0.2, -0.15) is 4.98 Å². The third-order valence-electron chi connectivity index (χ3n) is 8.13. The van der Waals surface area contributed by atoms with Gasteiger partial charge in [-0.1, -0.05) is 0 Å². The minimum atomic E-state index is -1.07. The van der Waals surface area contributed by atoms with Gasteiger partial charge in [0.15, 0.2) is 17.3 Å². The minimum Gasteiger partial charge on any atom is -0.393 e. The van der Waals surface area contributed by atoms with Gasteiger partial charge >= 0.3 is 0 Å². The number of aromatic nitrogens is 4. The first-order chi connectivity index (χ1) is 19.4. The number of nitrogens with one attached hydrogen (secondary N) is 2. The highest BCUT2D eigenvalue weighted by molar-refractivity contribution is 5.79. The number of piperidine rings is 1. The minimum absolute atomic E-state index is 0.0126. The van der Waals surface area contributed by atoms with E-state index in [1.54, 1.807) is 10.8 Å². The first-order valence-electron chi connectivity index (χ1n) is 13.8. The Bertz CT molecular complexity index is 1360. The van der Waals surface area contributed by atoms with Gasteiger partial charge in [0.25, 0.3) is 0 Å². The van der Waals surface area contributed by atoms with Gasteiger partial charge in [0.2, 0.25) is 17.8 Å². The molecule has 2 aromatic heterocycles. The average molecular weight is 560 g/mol. The van der Waals surface area contributed by atoms with Crippen LogP contribution in [-0.4, -0.2) is 73.9 Å². The molecule has 10 nitrogen and oxygen atoms in total. The number of rotatable bonds is 6. The molecule has 3 fully saturated rings. The fraction of sp³-hybridized carbons (Fsp3) is 0.556. The zero-order valence-corrected chi connectivity index (χ0v) is 22.0. The lowest BCUT2D eigenvalue weighted by atomic mass is 9.85. The molecule has 1 aromatic carbocycles. The monoisotopic (exact) mass is 559 g/mol. The molecule has 1 aliphatic carbocycles. The summed E-state index contributed by atoms with van der Waals surface area (Å²) < 4.78 is 49.6. The molecule has 3 aliphatic rings. The Balaban J connectivity index is 1.18. The van der Waals surface area contributed by atoms with Crippen LogP contribution in [0.5, 0.6) is 0 Å².